The molecule has 1 heterocycles. The van der Waals surface area contributed by atoms with Crippen LogP contribution in [0.4, 0.5) is 13.2 Å². The van der Waals surface area contributed by atoms with Crippen molar-refractivity contribution in [3.8, 4) is 5.75 Å². The molecule has 1 aromatic carbocycles. The highest BCUT2D eigenvalue weighted by atomic mass is 19.4. The van der Waals surface area contributed by atoms with E-state index in [1.165, 1.54) is 25.0 Å². The molecule has 1 aliphatic heterocycles. The van der Waals surface area contributed by atoms with Crippen LogP contribution in [-0.4, -0.2) is 19.2 Å². The van der Waals surface area contributed by atoms with Crippen LogP contribution in [0.3, 0.4) is 0 Å². The number of benzene rings is 1. The second-order valence-corrected chi connectivity index (χ2v) is 4.81. The van der Waals surface area contributed by atoms with Gasteiger partial charge in [0.25, 0.3) is 0 Å². The Balaban J connectivity index is 1.71. The lowest BCUT2D eigenvalue weighted by molar-refractivity contribution is -0.137. The van der Waals surface area contributed by atoms with Crippen LogP contribution in [0.2, 0.25) is 0 Å². The molecule has 0 spiro atoms. The van der Waals surface area contributed by atoms with Crippen LogP contribution in [0.1, 0.15) is 31.2 Å². The molecular formula is C14H18F3NO. The van der Waals surface area contributed by atoms with Crippen LogP contribution in [0.25, 0.3) is 0 Å². The predicted octanol–water partition coefficient (Wildman–Crippen LogP) is 3.62. The van der Waals surface area contributed by atoms with E-state index in [1.54, 1.807) is 0 Å². The second-order valence-electron chi connectivity index (χ2n) is 4.81. The van der Waals surface area contributed by atoms with Gasteiger partial charge in [0.15, 0.2) is 0 Å². The molecule has 0 saturated carbocycles. The zero-order valence-electron chi connectivity index (χ0n) is 10.7. The first-order valence-corrected chi connectivity index (χ1v) is 6.59. The summed E-state index contributed by atoms with van der Waals surface area (Å²) in [5.74, 6) is 0.493. The molecule has 19 heavy (non-hydrogen) atoms. The SMILES string of the molecule is FC(F)(F)c1ccc(OCCCC2CCCN2)cc1. The third-order valence-electron chi connectivity index (χ3n) is 3.31. The van der Waals surface area contributed by atoms with Crippen LogP contribution in [0.5, 0.6) is 5.75 Å². The highest BCUT2D eigenvalue weighted by Crippen LogP contribution is 2.30. The normalized spacial score (nSPS) is 19.6. The molecule has 0 radical (unpaired) electrons. The number of rotatable bonds is 5. The molecule has 0 aromatic heterocycles. The van der Waals surface area contributed by atoms with Gasteiger partial charge in [0, 0.05) is 6.04 Å². The zero-order chi connectivity index (χ0) is 13.7. The molecule has 2 nitrogen and oxygen atoms in total. The molecular weight excluding hydrogens is 255 g/mol. The lowest BCUT2D eigenvalue weighted by Crippen LogP contribution is -2.21. The maximum absolute atomic E-state index is 12.4. The van der Waals surface area contributed by atoms with Crippen molar-refractivity contribution in [3.63, 3.8) is 0 Å². The van der Waals surface area contributed by atoms with Gasteiger partial charge in [-0.3, -0.25) is 0 Å². The summed E-state index contributed by atoms with van der Waals surface area (Å²) >= 11 is 0. The van der Waals surface area contributed by atoms with Crippen LogP contribution in [-0.2, 0) is 6.18 Å². The Hall–Kier alpha value is -1.23. The number of ether oxygens (including phenoxy) is 1. The summed E-state index contributed by atoms with van der Waals surface area (Å²) in [6.45, 7) is 1.63. The number of nitrogens with one attached hydrogen (secondary N) is 1. The van der Waals surface area contributed by atoms with E-state index >= 15 is 0 Å². The third kappa shape index (κ3) is 4.42. The third-order valence-corrected chi connectivity index (χ3v) is 3.31. The Labute approximate surface area is 111 Å². The molecule has 2 rings (SSSR count). The van der Waals surface area contributed by atoms with Gasteiger partial charge < -0.3 is 10.1 Å². The van der Waals surface area contributed by atoms with E-state index in [4.69, 9.17) is 4.74 Å². The van der Waals surface area contributed by atoms with E-state index in [2.05, 4.69) is 5.32 Å². The van der Waals surface area contributed by atoms with Crippen molar-refractivity contribution >= 4 is 0 Å². The Morgan fingerprint density at radius 2 is 1.95 bits per heavy atom. The average Bonchev–Trinajstić information content (AvgIpc) is 2.87. The van der Waals surface area contributed by atoms with Crippen molar-refractivity contribution < 1.29 is 17.9 Å². The molecule has 1 N–H and O–H groups in total. The highest BCUT2D eigenvalue weighted by Gasteiger charge is 2.29. The molecule has 1 unspecified atom stereocenters. The Morgan fingerprint density at radius 3 is 2.53 bits per heavy atom. The first kappa shape index (κ1) is 14.2. The molecule has 5 heteroatoms. The maximum atomic E-state index is 12.4. The fourth-order valence-electron chi connectivity index (χ4n) is 2.26. The summed E-state index contributed by atoms with van der Waals surface area (Å²) in [4.78, 5) is 0. The number of alkyl halides is 3. The zero-order valence-corrected chi connectivity index (χ0v) is 10.7. The molecule has 1 aromatic rings. The summed E-state index contributed by atoms with van der Waals surface area (Å²) in [6, 6.07) is 5.42. The van der Waals surface area contributed by atoms with E-state index in [0.29, 0.717) is 18.4 Å². The van der Waals surface area contributed by atoms with Gasteiger partial charge in [-0.25, -0.2) is 0 Å². The van der Waals surface area contributed by atoms with Gasteiger partial charge in [-0.05, 0) is 56.5 Å². The van der Waals surface area contributed by atoms with Crippen LogP contribution < -0.4 is 10.1 Å². The van der Waals surface area contributed by atoms with E-state index in [-0.39, 0.29) is 0 Å². The molecule has 1 fully saturated rings. The lowest BCUT2D eigenvalue weighted by Gasteiger charge is -2.11. The minimum absolute atomic E-state index is 0.493. The number of hydrogen-bond acceptors (Lipinski definition) is 2. The van der Waals surface area contributed by atoms with Gasteiger partial charge >= 0.3 is 6.18 Å². The number of hydrogen-bond donors (Lipinski definition) is 1. The summed E-state index contributed by atoms with van der Waals surface area (Å²) < 4.78 is 42.5. The van der Waals surface area contributed by atoms with Crippen molar-refractivity contribution in [1.29, 1.82) is 0 Å². The van der Waals surface area contributed by atoms with Gasteiger partial charge in [-0.2, -0.15) is 13.2 Å². The van der Waals surface area contributed by atoms with Gasteiger partial charge in [0.2, 0.25) is 0 Å². The van der Waals surface area contributed by atoms with Gasteiger partial charge in [-0.1, -0.05) is 0 Å². The van der Waals surface area contributed by atoms with E-state index in [9.17, 15) is 13.2 Å². The largest absolute Gasteiger partial charge is 0.494 e. The fraction of sp³-hybridized carbons (Fsp3) is 0.571. The second kappa shape index (κ2) is 6.28. The molecule has 1 aliphatic rings. The summed E-state index contributed by atoms with van der Waals surface area (Å²) in [7, 11) is 0. The lowest BCUT2D eigenvalue weighted by atomic mass is 10.1. The molecule has 106 valence electrons. The van der Waals surface area contributed by atoms with E-state index < -0.39 is 11.7 Å². The summed E-state index contributed by atoms with van der Waals surface area (Å²) in [6.07, 6.45) is 0.122. The van der Waals surface area contributed by atoms with Crippen LogP contribution >= 0.6 is 0 Å². The standard InChI is InChI=1S/C14H18F3NO/c15-14(16,17)11-5-7-13(8-6-11)19-10-2-4-12-3-1-9-18-12/h5-8,12,18H,1-4,9-10H2. The monoisotopic (exact) mass is 273 g/mol. The first-order valence-electron chi connectivity index (χ1n) is 6.59. The van der Waals surface area contributed by atoms with Gasteiger partial charge in [0.1, 0.15) is 5.75 Å². The van der Waals surface area contributed by atoms with E-state index in [1.807, 2.05) is 0 Å². The first-order chi connectivity index (χ1) is 9.05. The van der Waals surface area contributed by atoms with Crippen molar-refractivity contribution in [2.24, 2.45) is 0 Å². The molecule has 0 aliphatic carbocycles. The van der Waals surface area contributed by atoms with Crippen LogP contribution in [0.15, 0.2) is 24.3 Å². The van der Waals surface area contributed by atoms with Crippen molar-refractivity contribution in [3.05, 3.63) is 29.8 Å². The predicted molar refractivity (Wildman–Crippen MR) is 67.2 cm³/mol. The minimum atomic E-state index is -4.29. The topological polar surface area (TPSA) is 21.3 Å². The fourth-order valence-corrected chi connectivity index (χ4v) is 2.26. The van der Waals surface area contributed by atoms with Crippen LogP contribution in [0, 0.1) is 0 Å². The van der Waals surface area contributed by atoms with Crippen molar-refractivity contribution in [2.45, 2.75) is 37.9 Å². The summed E-state index contributed by atoms with van der Waals surface area (Å²) in [5, 5.41) is 3.40. The van der Waals surface area contributed by atoms with Crippen molar-refractivity contribution in [1.82, 2.24) is 5.32 Å². The smallest absolute Gasteiger partial charge is 0.416 e. The van der Waals surface area contributed by atoms with E-state index in [0.717, 1.165) is 31.5 Å². The molecule has 1 saturated heterocycles. The maximum Gasteiger partial charge on any atom is 0.416 e. The van der Waals surface area contributed by atoms with Crippen molar-refractivity contribution in [2.75, 3.05) is 13.2 Å². The molecule has 0 amide bonds. The van der Waals surface area contributed by atoms with Gasteiger partial charge in [0.05, 0.1) is 12.2 Å². The number of halogens is 3. The molecule has 0 bridgehead atoms. The van der Waals surface area contributed by atoms with Gasteiger partial charge in [-0.15, -0.1) is 0 Å². The Bertz CT molecular complexity index is 383. The average molecular weight is 273 g/mol. The quantitative estimate of drug-likeness (QED) is 0.827. The molecule has 1 atom stereocenters. The highest BCUT2D eigenvalue weighted by molar-refractivity contribution is 5.28. The Kier molecular flexibility index (Phi) is 4.69. The minimum Gasteiger partial charge on any atom is -0.494 e. The summed E-state index contributed by atoms with van der Waals surface area (Å²) in [5.41, 5.74) is -0.644. The Morgan fingerprint density at radius 1 is 1.21 bits per heavy atom.